The highest BCUT2D eigenvalue weighted by atomic mass is 35.5. The molecular weight excluding hydrogens is 466 g/mol. The number of ether oxygens (including phenoxy) is 1. The highest BCUT2D eigenvalue weighted by molar-refractivity contribution is 6.32. The molecule has 1 N–H and O–H groups in total. The van der Waals surface area contributed by atoms with E-state index in [0.717, 1.165) is 16.7 Å². The number of carbonyl (C=O) groups excluding carboxylic acids is 1. The number of hydrogen-bond donors (Lipinski definition) is 1. The van der Waals surface area contributed by atoms with Crippen LogP contribution in [0.15, 0.2) is 63.8 Å². The zero-order valence-corrected chi connectivity index (χ0v) is 20.3. The molecule has 0 spiro atoms. The third kappa shape index (κ3) is 3.94. The third-order valence-corrected chi connectivity index (χ3v) is 6.73. The number of nitrogens with zero attached hydrogens (tertiary/aromatic N) is 1. The fourth-order valence-electron chi connectivity index (χ4n) is 4.51. The van der Waals surface area contributed by atoms with Gasteiger partial charge in [-0.2, -0.15) is 0 Å². The molecule has 1 amide bonds. The van der Waals surface area contributed by atoms with Crippen LogP contribution < -0.4 is 10.2 Å². The minimum atomic E-state index is -0.723. The van der Waals surface area contributed by atoms with Gasteiger partial charge in [-0.15, -0.1) is 0 Å². The van der Waals surface area contributed by atoms with Gasteiger partial charge in [0.15, 0.2) is 16.9 Å². The molecule has 0 saturated carbocycles. The van der Waals surface area contributed by atoms with Crippen molar-refractivity contribution in [3.63, 3.8) is 0 Å². The predicted octanol–water partition coefficient (Wildman–Crippen LogP) is 5.91. The van der Waals surface area contributed by atoms with E-state index in [1.54, 1.807) is 29.2 Å². The fourth-order valence-corrected chi connectivity index (χ4v) is 4.68. The minimum absolute atomic E-state index is 0.0157. The van der Waals surface area contributed by atoms with E-state index >= 15 is 0 Å². The highest BCUT2D eigenvalue weighted by Gasteiger charge is 2.43. The smallest absolute Gasteiger partial charge is 0.291 e. The van der Waals surface area contributed by atoms with Crippen molar-refractivity contribution >= 4 is 28.5 Å². The van der Waals surface area contributed by atoms with Crippen LogP contribution in [0.2, 0.25) is 5.02 Å². The third-order valence-electron chi connectivity index (χ3n) is 6.32. The first-order valence-electron chi connectivity index (χ1n) is 11.4. The van der Waals surface area contributed by atoms with Crippen molar-refractivity contribution in [1.82, 2.24) is 4.90 Å². The van der Waals surface area contributed by atoms with E-state index in [0.29, 0.717) is 28.2 Å². The number of amides is 1. The van der Waals surface area contributed by atoms with Gasteiger partial charge in [0.1, 0.15) is 5.58 Å². The van der Waals surface area contributed by atoms with Crippen molar-refractivity contribution in [2.75, 3.05) is 6.61 Å². The van der Waals surface area contributed by atoms with E-state index in [4.69, 9.17) is 20.8 Å². The lowest BCUT2D eigenvalue weighted by Gasteiger charge is -2.26. The number of halogens is 1. The summed E-state index contributed by atoms with van der Waals surface area (Å²) < 4.78 is 11.6. The van der Waals surface area contributed by atoms with E-state index in [9.17, 15) is 14.7 Å². The van der Waals surface area contributed by atoms with Crippen molar-refractivity contribution in [3.05, 3.63) is 103 Å². The number of aromatic hydroxyl groups is 1. The van der Waals surface area contributed by atoms with Crippen molar-refractivity contribution < 1.29 is 19.1 Å². The Kier molecular flexibility index (Phi) is 5.77. The first-order chi connectivity index (χ1) is 16.8. The lowest BCUT2D eigenvalue weighted by atomic mass is 9.97. The van der Waals surface area contributed by atoms with Gasteiger partial charge in [-0.25, -0.2) is 0 Å². The normalized spacial score (nSPS) is 15.0. The molecule has 0 radical (unpaired) electrons. The van der Waals surface area contributed by atoms with Gasteiger partial charge in [-0.3, -0.25) is 9.59 Å². The second-order valence-corrected chi connectivity index (χ2v) is 9.16. The van der Waals surface area contributed by atoms with E-state index < -0.39 is 6.04 Å². The molecule has 1 unspecified atom stereocenters. The predicted molar refractivity (Wildman–Crippen MR) is 134 cm³/mol. The van der Waals surface area contributed by atoms with Crippen LogP contribution in [-0.4, -0.2) is 22.5 Å². The molecule has 6 nitrogen and oxygen atoms in total. The summed E-state index contributed by atoms with van der Waals surface area (Å²) in [6.45, 7) is 6.26. The van der Waals surface area contributed by atoms with E-state index in [-0.39, 0.29) is 40.7 Å². The Morgan fingerprint density at radius 3 is 2.51 bits per heavy atom. The van der Waals surface area contributed by atoms with E-state index in [1.807, 2.05) is 45.0 Å². The SMILES string of the molecule is CCOc1cc(C2c3c(oc4cc(C)c(Cl)cc4c3=O)C(=O)N2Cc2ccc(C)cc2)ccc1O. The van der Waals surface area contributed by atoms with Crippen molar-refractivity contribution in [3.8, 4) is 11.5 Å². The number of fused-ring (bicyclic) bond motifs is 2. The van der Waals surface area contributed by atoms with Gasteiger partial charge in [0, 0.05) is 11.6 Å². The highest BCUT2D eigenvalue weighted by Crippen LogP contribution is 2.42. The molecule has 1 atom stereocenters. The maximum absolute atomic E-state index is 13.8. The van der Waals surface area contributed by atoms with Crippen LogP contribution in [0.5, 0.6) is 11.5 Å². The Hall–Kier alpha value is -3.77. The van der Waals surface area contributed by atoms with Crippen LogP contribution in [0.1, 0.15) is 51.3 Å². The molecular formula is C28H24ClNO5. The number of phenolic OH excluding ortho intramolecular Hbond substituents is 1. The van der Waals surface area contributed by atoms with Crippen LogP contribution in [0.25, 0.3) is 11.0 Å². The Morgan fingerprint density at radius 2 is 1.80 bits per heavy atom. The molecule has 0 aliphatic carbocycles. The molecule has 3 aromatic carbocycles. The Balaban J connectivity index is 1.73. The maximum Gasteiger partial charge on any atom is 0.291 e. The first kappa shape index (κ1) is 23.0. The van der Waals surface area contributed by atoms with Crippen molar-refractivity contribution in [2.24, 2.45) is 0 Å². The molecule has 7 heteroatoms. The average molecular weight is 490 g/mol. The summed E-state index contributed by atoms with van der Waals surface area (Å²) in [5, 5.41) is 11.0. The zero-order chi connectivity index (χ0) is 24.9. The summed E-state index contributed by atoms with van der Waals surface area (Å²) in [5.74, 6) is -0.0846. The lowest BCUT2D eigenvalue weighted by Crippen LogP contribution is -2.29. The number of carbonyl (C=O) groups is 1. The van der Waals surface area contributed by atoms with E-state index in [1.165, 1.54) is 6.07 Å². The molecule has 0 fully saturated rings. The molecule has 1 aliphatic rings. The van der Waals surface area contributed by atoms with Crippen LogP contribution in [0.3, 0.4) is 0 Å². The summed E-state index contributed by atoms with van der Waals surface area (Å²) in [6.07, 6.45) is 0. The molecule has 1 aromatic heterocycles. The van der Waals surface area contributed by atoms with Gasteiger partial charge < -0.3 is 19.2 Å². The molecule has 4 aromatic rings. The number of benzene rings is 3. The average Bonchev–Trinajstić information content (AvgIpc) is 3.10. The quantitative estimate of drug-likeness (QED) is 0.377. The van der Waals surface area contributed by atoms with Crippen LogP contribution in [-0.2, 0) is 6.54 Å². The number of rotatable bonds is 5. The lowest BCUT2D eigenvalue weighted by molar-refractivity contribution is 0.0714. The summed E-state index contributed by atoms with van der Waals surface area (Å²) in [6, 6.07) is 15.3. The molecule has 0 bridgehead atoms. The number of phenols is 1. The number of hydrogen-bond acceptors (Lipinski definition) is 5. The molecule has 0 saturated heterocycles. The largest absolute Gasteiger partial charge is 0.504 e. The minimum Gasteiger partial charge on any atom is -0.504 e. The summed E-state index contributed by atoms with van der Waals surface area (Å²) in [5.41, 5.74) is 3.68. The Morgan fingerprint density at radius 1 is 1.06 bits per heavy atom. The van der Waals surface area contributed by atoms with Gasteiger partial charge >= 0.3 is 0 Å². The molecule has 35 heavy (non-hydrogen) atoms. The van der Waals surface area contributed by atoms with Crippen molar-refractivity contribution in [1.29, 1.82) is 0 Å². The van der Waals surface area contributed by atoms with Gasteiger partial charge in [0.2, 0.25) is 5.76 Å². The van der Waals surface area contributed by atoms with Crippen LogP contribution in [0, 0.1) is 13.8 Å². The van der Waals surface area contributed by atoms with E-state index in [2.05, 4.69) is 0 Å². The molecule has 5 rings (SSSR count). The Bertz CT molecular complexity index is 1520. The van der Waals surface area contributed by atoms with Gasteiger partial charge in [0.05, 0.1) is 23.6 Å². The topological polar surface area (TPSA) is 80.0 Å². The monoisotopic (exact) mass is 489 g/mol. The zero-order valence-electron chi connectivity index (χ0n) is 19.6. The number of aryl methyl sites for hydroxylation is 2. The van der Waals surface area contributed by atoms with Gasteiger partial charge in [-0.1, -0.05) is 47.5 Å². The standard InChI is InChI=1S/C28H24ClNO5/c1-4-34-23-12-18(9-10-21(23)31)25-24-26(32)19-13-20(29)16(3)11-22(19)35-27(24)28(33)30(25)14-17-7-5-15(2)6-8-17/h5-13,25,31H,4,14H2,1-3H3. The van der Waals surface area contributed by atoms with Gasteiger partial charge in [0.25, 0.3) is 5.91 Å². The second-order valence-electron chi connectivity index (χ2n) is 8.75. The maximum atomic E-state index is 13.8. The van der Waals surface area contributed by atoms with Gasteiger partial charge in [-0.05, 0) is 61.7 Å². The van der Waals surface area contributed by atoms with Crippen LogP contribution >= 0.6 is 11.6 Å². The summed E-state index contributed by atoms with van der Waals surface area (Å²) >= 11 is 6.31. The van der Waals surface area contributed by atoms with Crippen LogP contribution in [0.4, 0.5) is 0 Å². The molecule has 178 valence electrons. The molecule has 2 heterocycles. The summed E-state index contributed by atoms with van der Waals surface area (Å²) in [4.78, 5) is 29.0. The fraction of sp³-hybridized carbons (Fsp3) is 0.214. The van der Waals surface area contributed by atoms with Crippen molar-refractivity contribution in [2.45, 2.75) is 33.4 Å². The summed E-state index contributed by atoms with van der Waals surface area (Å²) in [7, 11) is 0. The first-order valence-corrected chi connectivity index (χ1v) is 11.7. The molecule has 1 aliphatic heterocycles. The second kappa shape index (κ2) is 8.78. The Labute approximate surface area is 207 Å².